The number of carbonyl (C=O) groups is 2. The van der Waals surface area contributed by atoms with Crippen molar-refractivity contribution in [2.24, 2.45) is 0 Å². The second-order valence-electron chi connectivity index (χ2n) is 5.17. The number of hydrogen-bond acceptors (Lipinski definition) is 8. The Morgan fingerprint density at radius 3 is 2.57 bits per heavy atom. The van der Waals surface area contributed by atoms with Gasteiger partial charge in [-0.3, -0.25) is 10.1 Å². The number of carbonyl (C=O) groups excluding carboxylic acids is 2. The number of nitrogens with zero attached hydrogens (tertiary/aromatic N) is 2. The normalized spacial score (nSPS) is 11.0. The molecule has 1 aromatic heterocycles. The average Bonchev–Trinajstić information content (AvgIpc) is 3.07. The first-order valence-corrected chi connectivity index (χ1v) is 9.57. The minimum absolute atomic E-state index is 0.0646. The molecule has 0 atom stereocenters. The Morgan fingerprint density at radius 2 is 1.93 bits per heavy atom. The van der Waals surface area contributed by atoms with Gasteiger partial charge in [0.2, 0.25) is 11.0 Å². The summed E-state index contributed by atoms with van der Waals surface area (Å²) in [7, 11) is 1.58. The van der Waals surface area contributed by atoms with Gasteiger partial charge in [-0.25, -0.2) is 4.79 Å². The van der Waals surface area contributed by atoms with Gasteiger partial charge in [-0.1, -0.05) is 23.1 Å². The molecule has 152 valence electrons. The number of imide groups is 1. The summed E-state index contributed by atoms with van der Waals surface area (Å²) in [6.45, 7) is -1.50. The molecule has 0 spiro atoms. The van der Waals surface area contributed by atoms with Crippen molar-refractivity contribution in [2.75, 3.05) is 24.7 Å². The van der Waals surface area contributed by atoms with E-state index in [1.165, 1.54) is 23.1 Å². The molecule has 3 N–H and O–H groups in total. The van der Waals surface area contributed by atoms with E-state index < -0.39 is 24.7 Å². The van der Waals surface area contributed by atoms with Crippen LogP contribution in [0.1, 0.15) is 6.42 Å². The molecule has 1 aromatic carbocycles. The fourth-order valence-corrected chi connectivity index (χ4v) is 3.54. The van der Waals surface area contributed by atoms with Gasteiger partial charge in [0.1, 0.15) is 12.3 Å². The van der Waals surface area contributed by atoms with Crippen LogP contribution < -0.4 is 20.7 Å². The van der Waals surface area contributed by atoms with Crippen molar-refractivity contribution in [3.05, 3.63) is 24.3 Å². The van der Waals surface area contributed by atoms with E-state index in [0.29, 0.717) is 9.47 Å². The number of thioether (sulfide) groups is 1. The van der Waals surface area contributed by atoms with Crippen molar-refractivity contribution >= 4 is 45.9 Å². The van der Waals surface area contributed by atoms with Gasteiger partial charge in [0.25, 0.3) is 0 Å². The molecule has 3 amide bonds. The number of halogens is 3. The van der Waals surface area contributed by atoms with E-state index in [4.69, 9.17) is 4.74 Å². The minimum Gasteiger partial charge on any atom is -0.497 e. The number of benzene rings is 1. The molecule has 0 bridgehead atoms. The molecule has 0 unspecified atom stereocenters. The fraction of sp³-hybridized carbons (Fsp3) is 0.333. The molecule has 8 nitrogen and oxygen atoms in total. The van der Waals surface area contributed by atoms with Crippen LogP contribution in [0.15, 0.2) is 28.6 Å². The molecule has 0 aliphatic rings. The Labute approximate surface area is 166 Å². The van der Waals surface area contributed by atoms with Crippen LogP contribution >= 0.6 is 23.1 Å². The van der Waals surface area contributed by atoms with Crippen molar-refractivity contribution in [1.82, 2.24) is 20.8 Å². The van der Waals surface area contributed by atoms with Crippen molar-refractivity contribution in [1.29, 1.82) is 0 Å². The van der Waals surface area contributed by atoms with E-state index in [0.717, 1.165) is 11.4 Å². The topological polar surface area (TPSA) is 105 Å². The summed E-state index contributed by atoms with van der Waals surface area (Å²) in [5, 5.41) is 15.0. The number of aromatic nitrogens is 2. The van der Waals surface area contributed by atoms with E-state index >= 15 is 0 Å². The first-order valence-electron chi connectivity index (χ1n) is 7.77. The number of anilines is 2. The van der Waals surface area contributed by atoms with Crippen LogP contribution in [0.3, 0.4) is 0 Å². The molecule has 0 fully saturated rings. The van der Waals surface area contributed by atoms with E-state index in [2.05, 4.69) is 15.5 Å². The number of rotatable bonds is 8. The number of methoxy groups -OCH3 is 1. The van der Waals surface area contributed by atoms with Crippen LogP contribution in [-0.2, 0) is 4.79 Å². The molecular formula is C15H16F3N5O3S2. The number of urea groups is 1. The van der Waals surface area contributed by atoms with Crippen LogP contribution in [0.25, 0.3) is 0 Å². The number of alkyl halides is 3. The molecule has 2 aromatic rings. The van der Waals surface area contributed by atoms with E-state index in [9.17, 15) is 22.8 Å². The van der Waals surface area contributed by atoms with Gasteiger partial charge < -0.3 is 15.4 Å². The second-order valence-corrected chi connectivity index (χ2v) is 7.49. The molecular weight excluding hydrogens is 419 g/mol. The Balaban J connectivity index is 1.70. The summed E-state index contributed by atoms with van der Waals surface area (Å²) in [6.07, 6.45) is -4.60. The van der Waals surface area contributed by atoms with Crippen molar-refractivity contribution in [3.8, 4) is 5.75 Å². The van der Waals surface area contributed by atoms with Crippen LogP contribution in [-0.4, -0.2) is 47.7 Å². The highest BCUT2D eigenvalue weighted by molar-refractivity contribution is 8.01. The van der Waals surface area contributed by atoms with E-state index in [-0.39, 0.29) is 12.2 Å². The van der Waals surface area contributed by atoms with Crippen LogP contribution in [0, 0.1) is 0 Å². The molecule has 0 saturated carbocycles. The Kier molecular flexibility index (Phi) is 7.87. The zero-order valence-electron chi connectivity index (χ0n) is 14.5. The second kappa shape index (κ2) is 10.1. The highest BCUT2D eigenvalue weighted by atomic mass is 32.2. The summed E-state index contributed by atoms with van der Waals surface area (Å²) < 4.78 is 41.6. The van der Waals surface area contributed by atoms with Crippen molar-refractivity contribution in [3.63, 3.8) is 0 Å². The maximum absolute atomic E-state index is 12.0. The summed E-state index contributed by atoms with van der Waals surface area (Å²) in [5.41, 5.74) is 0.803. The zero-order chi connectivity index (χ0) is 20.6. The third-order valence-corrected chi connectivity index (χ3v) is 4.98. The van der Waals surface area contributed by atoms with Crippen molar-refractivity contribution in [2.45, 2.75) is 16.9 Å². The minimum atomic E-state index is -4.54. The number of amides is 3. The Bertz CT molecular complexity index is 799. The highest BCUT2D eigenvalue weighted by Gasteiger charge is 2.27. The molecule has 0 aliphatic carbocycles. The first kappa shape index (κ1) is 21.8. The number of hydrogen-bond donors (Lipinski definition) is 3. The van der Waals surface area contributed by atoms with Gasteiger partial charge in [0, 0.05) is 17.9 Å². The monoisotopic (exact) mass is 435 g/mol. The largest absolute Gasteiger partial charge is 0.497 e. The van der Waals surface area contributed by atoms with Gasteiger partial charge >= 0.3 is 12.2 Å². The predicted octanol–water partition coefficient (Wildman–Crippen LogP) is 3.16. The molecule has 0 saturated heterocycles. The lowest BCUT2D eigenvalue weighted by atomic mass is 10.3. The smallest absolute Gasteiger partial charge is 0.405 e. The average molecular weight is 435 g/mol. The third kappa shape index (κ3) is 8.00. The molecule has 2 rings (SSSR count). The third-order valence-electron chi connectivity index (χ3n) is 3.00. The van der Waals surface area contributed by atoms with Crippen molar-refractivity contribution < 1.29 is 27.5 Å². The predicted molar refractivity (Wildman–Crippen MR) is 99.1 cm³/mol. The molecule has 28 heavy (non-hydrogen) atoms. The zero-order valence-corrected chi connectivity index (χ0v) is 16.1. The van der Waals surface area contributed by atoms with Gasteiger partial charge in [0.05, 0.1) is 7.11 Å². The Morgan fingerprint density at radius 1 is 1.21 bits per heavy atom. The van der Waals surface area contributed by atoms with Gasteiger partial charge in [-0.15, -0.1) is 10.2 Å². The molecule has 0 radical (unpaired) electrons. The van der Waals surface area contributed by atoms with E-state index in [1.54, 1.807) is 24.6 Å². The Hall–Kier alpha value is -2.54. The molecule has 13 heteroatoms. The van der Waals surface area contributed by atoms with Crippen LogP contribution in [0.5, 0.6) is 5.75 Å². The molecule has 0 aliphatic heterocycles. The maximum Gasteiger partial charge on any atom is 0.405 e. The molecule has 1 heterocycles. The van der Waals surface area contributed by atoms with Gasteiger partial charge in [0.15, 0.2) is 4.34 Å². The number of nitrogens with one attached hydrogen (secondary N) is 3. The van der Waals surface area contributed by atoms with E-state index in [1.807, 2.05) is 17.4 Å². The van der Waals surface area contributed by atoms with Gasteiger partial charge in [-0.2, -0.15) is 13.2 Å². The number of ether oxygens (including phenoxy) is 1. The standard InChI is InChI=1S/C15H16F3N5O3S2/c1-26-10-4-2-9(3-5-10)20-13-22-23-14(28-13)27-7-6-11(24)21-12(25)19-8-15(16,17)18/h2-5H,6-8H2,1H3,(H,20,22)(H2,19,21,24,25). The highest BCUT2D eigenvalue weighted by Crippen LogP contribution is 2.28. The first-order chi connectivity index (χ1) is 13.2. The summed E-state index contributed by atoms with van der Waals surface area (Å²) >= 11 is 2.52. The summed E-state index contributed by atoms with van der Waals surface area (Å²) in [4.78, 5) is 22.7. The fourth-order valence-electron chi connectivity index (χ4n) is 1.76. The lowest BCUT2D eigenvalue weighted by Crippen LogP contribution is -2.43. The lowest BCUT2D eigenvalue weighted by Gasteiger charge is -2.08. The summed E-state index contributed by atoms with van der Waals surface area (Å²) in [5.74, 6) is 0.327. The van der Waals surface area contributed by atoms with Crippen LogP contribution in [0.4, 0.5) is 28.8 Å². The maximum atomic E-state index is 12.0. The quantitative estimate of drug-likeness (QED) is 0.547. The van der Waals surface area contributed by atoms with Crippen LogP contribution in [0.2, 0.25) is 0 Å². The lowest BCUT2D eigenvalue weighted by molar-refractivity contribution is -0.124. The van der Waals surface area contributed by atoms with Gasteiger partial charge in [-0.05, 0) is 24.3 Å². The SMILES string of the molecule is COc1ccc(Nc2nnc(SCCC(=O)NC(=O)NCC(F)(F)F)s2)cc1. The summed E-state index contributed by atoms with van der Waals surface area (Å²) in [6, 6.07) is 6.04.